The lowest BCUT2D eigenvalue weighted by molar-refractivity contribution is 0.148. The van der Waals surface area contributed by atoms with Gasteiger partial charge < -0.3 is 14.8 Å². The van der Waals surface area contributed by atoms with Crippen molar-refractivity contribution in [3.8, 4) is 11.5 Å². The molecule has 0 spiro atoms. The highest BCUT2D eigenvalue weighted by Crippen LogP contribution is 2.29. The minimum Gasteiger partial charge on any atom is -0.490 e. The molecule has 0 amide bonds. The smallest absolute Gasteiger partial charge is 0.137 e. The summed E-state index contributed by atoms with van der Waals surface area (Å²) in [6.07, 6.45) is 1.01. The molecule has 21 heavy (non-hydrogen) atoms. The van der Waals surface area contributed by atoms with Crippen LogP contribution < -0.4 is 14.8 Å². The van der Waals surface area contributed by atoms with Crippen LogP contribution in [0.4, 0.5) is 0 Å². The van der Waals surface area contributed by atoms with Crippen molar-refractivity contribution in [1.82, 2.24) is 5.32 Å². The van der Waals surface area contributed by atoms with Gasteiger partial charge in [-0.15, -0.1) is 0 Å². The van der Waals surface area contributed by atoms with E-state index < -0.39 is 0 Å². The number of fused-ring (bicyclic) bond motifs is 1. The van der Waals surface area contributed by atoms with Gasteiger partial charge in [-0.3, -0.25) is 0 Å². The maximum Gasteiger partial charge on any atom is 0.137 e. The molecular weight excluding hydrogens is 330 g/mol. The molecule has 1 aliphatic heterocycles. The van der Waals surface area contributed by atoms with E-state index in [1.54, 1.807) is 0 Å². The Kier molecular flexibility index (Phi) is 4.46. The number of halogens is 1. The summed E-state index contributed by atoms with van der Waals surface area (Å²) in [5.41, 5.74) is 2.45. The van der Waals surface area contributed by atoms with Crippen LogP contribution in [0.2, 0.25) is 0 Å². The first kappa shape index (κ1) is 14.4. The van der Waals surface area contributed by atoms with E-state index in [2.05, 4.69) is 33.4 Å². The van der Waals surface area contributed by atoms with Crippen LogP contribution in [0, 0.1) is 0 Å². The molecule has 110 valence electrons. The Labute approximate surface area is 133 Å². The van der Waals surface area contributed by atoms with Crippen molar-refractivity contribution in [3.05, 3.63) is 58.1 Å². The first-order chi connectivity index (χ1) is 10.3. The molecule has 0 bridgehead atoms. The molecule has 1 atom stereocenters. The highest BCUT2D eigenvalue weighted by molar-refractivity contribution is 9.10. The molecule has 0 aliphatic carbocycles. The number of hydrogen-bond donors (Lipinski definition) is 1. The van der Waals surface area contributed by atoms with Gasteiger partial charge in [-0.1, -0.05) is 34.1 Å². The van der Waals surface area contributed by atoms with E-state index in [1.165, 1.54) is 11.1 Å². The first-order valence-electron chi connectivity index (χ1n) is 7.06. The largest absolute Gasteiger partial charge is 0.490 e. The van der Waals surface area contributed by atoms with Gasteiger partial charge in [0.1, 0.15) is 24.2 Å². The molecule has 2 aromatic carbocycles. The molecule has 1 aliphatic rings. The van der Waals surface area contributed by atoms with Gasteiger partial charge in [-0.25, -0.2) is 0 Å². The van der Waals surface area contributed by atoms with E-state index in [4.69, 9.17) is 9.47 Å². The number of hydrogen-bond acceptors (Lipinski definition) is 3. The van der Waals surface area contributed by atoms with Crippen molar-refractivity contribution < 1.29 is 9.47 Å². The highest BCUT2D eigenvalue weighted by atomic mass is 79.9. The molecule has 1 N–H and O–H groups in total. The molecule has 0 fully saturated rings. The number of benzene rings is 2. The normalized spacial score (nSPS) is 16.4. The summed E-state index contributed by atoms with van der Waals surface area (Å²) in [5.74, 6) is 1.86. The average molecular weight is 348 g/mol. The maximum absolute atomic E-state index is 5.89. The van der Waals surface area contributed by atoms with E-state index in [0.717, 1.165) is 28.9 Å². The van der Waals surface area contributed by atoms with Gasteiger partial charge in [0.15, 0.2) is 0 Å². The summed E-state index contributed by atoms with van der Waals surface area (Å²) in [6, 6.07) is 14.2. The van der Waals surface area contributed by atoms with Gasteiger partial charge in [0.25, 0.3) is 0 Å². The van der Waals surface area contributed by atoms with Gasteiger partial charge in [0, 0.05) is 17.4 Å². The predicted molar refractivity (Wildman–Crippen MR) is 87.0 cm³/mol. The van der Waals surface area contributed by atoms with Gasteiger partial charge in [0.05, 0.1) is 0 Å². The van der Waals surface area contributed by atoms with Crippen molar-refractivity contribution in [1.29, 1.82) is 0 Å². The summed E-state index contributed by atoms with van der Waals surface area (Å²) >= 11 is 3.55. The Bertz CT molecular complexity index is 605. The minimum absolute atomic E-state index is 0.0961. The summed E-state index contributed by atoms with van der Waals surface area (Å²) in [4.78, 5) is 0. The van der Waals surface area contributed by atoms with Gasteiger partial charge in [-0.05, 0) is 42.4 Å². The summed E-state index contributed by atoms with van der Waals surface area (Å²) in [6.45, 7) is 1.37. The summed E-state index contributed by atoms with van der Waals surface area (Å²) < 4.78 is 12.9. The molecule has 0 radical (unpaired) electrons. The van der Waals surface area contributed by atoms with Crippen LogP contribution in [0.5, 0.6) is 11.5 Å². The molecule has 3 rings (SSSR count). The van der Waals surface area contributed by atoms with E-state index in [0.29, 0.717) is 6.61 Å². The fraction of sp³-hybridized carbons (Fsp3) is 0.294. The van der Waals surface area contributed by atoms with Crippen LogP contribution in [0.25, 0.3) is 0 Å². The van der Waals surface area contributed by atoms with E-state index >= 15 is 0 Å². The topological polar surface area (TPSA) is 30.5 Å². The van der Waals surface area contributed by atoms with Gasteiger partial charge in [0.2, 0.25) is 0 Å². The standard InChI is InChI=1S/C17H18BrNO2/c1-19-10-13-9-14(6-7-16(13)18)20-11-15-8-12-4-2-3-5-17(12)21-15/h2-7,9,15,19H,8,10-11H2,1H3. The zero-order chi connectivity index (χ0) is 14.7. The molecule has 0 saturated carbocycles. The Morgan fingerprint density at radius 2 is 2.14 bits per heavy atom. The zero-order valence-electron chi connectivity index (χ0n) is 11.9. The third kappa shape index (κ3) is 3.39. The minimum atomic E-state index is 0.0961. The van der Waals surface area contributed by atoms with E-state index in [9.17, 15) is 0 Å². The lowest BCUT2D eigenvalue weighted by atomic mass is 10.1. The van der Waals surface area contributed by atoms with Crippen molar-refractivity contribution in [3.63, 3.8) is 0 Å². The molecule has 0 aromatic heterocycles. The Balaban J connectivity index is 1.60. The fourth-order valence-corrected chi connectivity index (χ4v) is 2.89. The van der Waals surface area contributed by atoms with Crippen molar-refractivity contribution in [2.45, 2.75) is 19.1 Å². The van der Waals surface area contributed by atoms with E-state index in [-0.39, 0.29) is 6.10 Å². The van der Waals surface area contributed by atoms with Crippen LogP contribution in [0.15, 0.2) is 46.9 Å². The first-order valence-corrected chi connectivity index (χ1v) is 7.86. The lowest BCUT2D eigenvalue weighted by Crippen LogP contribution is -2.22. The second-order valence-electron chi connectivity index (χ2n) is 5.15. The third-order valence-corrected chi connectivity index (χ3v) is 4.31. The molecule has 1 unspecified atom stereocenters. The van der Waals surface area contributed by atoms with Crippen molar-refractivity contribution in [2.75, 3.05) is 13.7 Å². The molecule has 0 saturated heterocycles. The van der Waals surface area contributed by atoms with Crippen LogP contribution in [-0.4, -0.2) is 19.8 Å². The number of ether oxygens (including phenoxy) is 2. The SMILES string of the molecule is CNCc1cc(OCC2Cc3ccccc3O2)ccc1Br. The van der Waals surface area contributed by atoms with Crippen LogP contribution in [0.1, 0.15) is 11.1 Å². The Hall–Kier alpha value is -1.52. The maximum atomic E-state index is 5.89. The average Bonchev–Trinajstić information content (AvgIpc) is 2.91. The van der Waals surface area contributed by atoms with Crippen LogP contribution in [0.3, 0.4) is 0 Å². The van der Waals surface area contributed by atoms with E-state index in [1.807, 2.05) is 37.4 Å². The second kappa shape index (κ2) is 6.50. The van der Waals surface area contributed by atoms with Crippen LogP contribution in [-0.2, 0) is 13.0 Å². The zero-order valence-corrected chi connectivity index (χ0v) is 13.5. The predicted octanol–water partition coefficient (Wildman–Crippen LogP) is 3.55. The molecule has 4 heteroatoms. The van der Waals surface area contributed by atoms with Crippen LogP contribution >= 0.6 is 15.9 Å². The monoisotopic (exact) mass is 347 g/mol. The number of rotatable bonds is 5. The Morgan fingerprint density at radius 3 is 2.95 bits per heavy atom. The molecule has 3 nitrogen and oxygen atoms in total. The Morgan fingerprint density at radius 1 is 1.29 bits per heavy atom. The summed E-state index contributed by atoms with van der Waals surface area (Å²) in [5, 5.41) is 3.15. The second-order valence-corrected chi connectivity index (χ2v) is 6.00. The summed E-state index contributed by atoms with van der Waals surface area (Å²) in [7, 11) is 1.93. The lowest BCUT2D eigenvalue weighted by Gasteiger charge is -2.13. The third-order valence-electron chi connectivity index (χ3n) is 3.53. The number of para-hydroxylation sites is 1. The highest BCUT2D eigenvalue weighted by Gasteiger charge is 2.22. The molecule has 1 heterocycles. The van der Waals surface area contributed by atoms with Gasteiger partial charge in [-0.2, -0.15) is 0 Å². The quantitative estimate of drug-likeness (QED) is 0.897. The van der Waals surface area contributed by atoms with Gasteiger partial charge >= 0.3 is 0 Å². The van der Waals surface area contributed by atoms with Crippen molar-refractivity contribution in [2.24, 2.45) is 0 Å². The number of nitrogens with one attached hydrogen (secondary N) is 1. The molecular formula is C17H18BrNO2. The molecule has 2 aromatic rings. The fourth-order valence-electron chi connectivity index (χ4n) is 2.50. The van der Waals surface area contributed by atoms with Crippen molar-refractivity contribution >= 4 is 15.9 Å².